The highest BCUT2D eigenvalue weighted by Gasteiger charge is 2.35. The van der Waals surface area contributed by atoms with Crippen molar-refractivity contribution in [3.05, 3.63) is 92.1 Å². The van der Waals surface area contributed by atoms with Crippen LogP contribution in [-0.4, -0.2) is 45.2 Å². The van der Waals surface area contributed by atoms with Crippen LogP contribution in [0, 0.1) is 24.0 Å². The molecule has 0 radical (unpaired) electrons. The fourth-order valence-electron chi connectivity index (χ4n) is 5.07. The van der Waals surface area contributed by atoms with Gasteiger partial charge in [-0.3, -0.25) is 24.6 Å². The second kappa shape index (κ2) is 10.3. The number of carbonyl (C=O) groups is 2. The largest absolute Gasteiger partial charge is 0.366 e. The Kier molecular flexibility index (Phi) is 6.88. The predicted molar refractivity (Wildman–Crippen MR) is 146 cm³/mol. The van der Waals surface area contributed by atoms with E-state index in [4.69, 9.17) is 0 Å². The molecule has 8 nitrogen and oxygen atoms in total. The molecule has 0 spiro atoms. The van der Waals surface area contributed by atoms with E-state index in [2.05, 4.69) is 4.90 Å². The van der Waals surface area contributed by atoms with Crippen LogP contribution in [0.3, 0.4) is 0 Å². The van der Waals surface area contributed by atoms with Gasteiger partial charge in [0.1, 0.15) is 5.69 Å². The third kappa shape index (κ3) is 4.91. The van der Waals surface area contributed by atoms with Crippen LogP contribution >= 0.6 is 11.8 Å². The van der Waals surface area contributed by atoms with E-state index in [-0.39, 0.29) is 21.8 Å². The Morgan fingerprint density at radius 3 is 2.46 bits per heavy atom. The number of hydrogen-bond acceptors (Lipinski definition) is 6. The van der Waals surface area contributed by atoms with Crippen molar-refractivity contribution in [2.24, 2.45) is 0 Å². The Balaban J connectivity index is 1.41. The molecule has 5 rings (SSSR count). The van der Waals surface area contributed by atoms with Gasteiger partial charge in [-0.25, -0.2) is 0 Å². The first-order valence-corrected chi connectivity index (χ1v) is 13.2. The Labute approximate surface area is 219 Å². The average Bonchev–Trinajstić information content (AvgIpc) is 3.58. The molecular weight excluding hydrogens is 488 g/mol. The molecule has 2 amide bonds. The van der Waals surface area contributed by atoms with Crippen molar-refractivity contribution < 1.29 is 14.5 Å². The lowest BCUT2D eigenvalue weighted by molar-refractivity contribution is -0.384. The number of aromatic nitrogens is 1. The van der Waals surface area contributed by atoms with Gasteiger partial charge in [-0.2, -0.15) is 0 Å². The van der Waals surface area contributed by atoms with Gasteiger partial charge >= 0.3 is 0 Å². The van der Waals surface area contributed by atoms with Crippen LogP contribution in [0.4, 0.5) is 16.2 Å². The Bertz CT molecular complexity index is 1410. The Morgan fingerprint density at radius 1 is 1.03 bits per heavy atom. The van der Waals surface area contributed by atoms with E-state index < -0.39 is 0 Å². The normalized spacial score (nSPS) is 16.9. The van der Waals surface area contributed by atoms with Crippen molar-refractivity contribution in [1.29, 1.82) is 0 Å². The number of nitro benzene ring substituents is 1. The number of rotatable bonds is 7. The molecule has 3 aromatic rings. The summed E-state index contributed by atoms with van der Waals surface area (Å²) in [6.45, 7) is 5.82. The number of anilines is 1. The zero-order valence-electron chi connectivity index (χ0n) is 20.8. The van der Waals surface area contributed by atoms with Gasteiger partial charge in [0.15, 0.2) is 0 Å². The number of hydrogen-bond donors (Lipinski definition) is 0. The number of thioether (sulfide) groups is 1. The monoisotopic (exact) mass is 516 g/mol. The van der Waals surface area contributed by atoms with Crippen molar-refractivity contribution in [2.45, 2.75) is 33.1 Å². The second-order valence-electron chi connectivity index (χ2n) is 9.36. The highest BCUT2D eigenvalue weighted by Crippen LogP contribution is 2.36. The summed E-state index contributed by atoms with van der Waals surface area (Å²) < 4.78 is 1.95. The summed E-state index contributed by atoms with van der Waals surface area (Å²) in [4.78, 5) is 40.9. The molecule has 2 aromatic carbocycles. The number of nitro groups is 1. The van der Waals surface area contributed by atoms with Crippen molar-refractivity contribution in [1.82, 2.24) is 9.47 Å². The van der Waals surface area contributed by atoms with E-state index in [1.54, 1.807) is 12.1 Å². The predicted octanol–water partition coefficient (Wildman–Crippen LogP) is 5.88. The minimum atomic E-state index is -0.322. The number of nitrogens with zero attached hydrogens (tertiary/aromatic N) is 4. The first kappa shape index (κ1) is 24.8. The van der Waals surface area contributed by atoms with Gasteiger partial charge in [-0.1, -0.05) is 30.3 Å². The van der Waals surface area contributed by atoms with Gasteiger partial charge in [0.2, 0.25) is 0 Å². The number of carbonyl (C=O) groups excluding carboxylic acids is 2. The maximum absolute atomic E-state index is 13.0. The Hall–Kier alpha value is -3.85. The number of imide groups is 1. The van der Waals surface area contributed by atoms with E-state index >= 15 is 0 Å². The van der Waals surface area contributed by atoms with Crippen LogP contribution in [0.2, 0.25) is 0 Å². The average molecular weight is 517 g/mol. The molecule has 1 aromatic heterocycles. The first-order valence-electron chi connectivity index (χ1n) is 12.4. The SMILES string of the molecule is Cc1cc(/C=C2\SC(=O)N(CCc3ccccc3)C2=O)c(C)n1-c1ccc(N2CCCC2)c([N+](=O)[O-])c1. The summed E-state index contributed by atoms with van der Waals surface area (Å²) in [6.07, 6.45) is 4.43. The van der Waals surface area contributed by atoms with Gasteiger partial charge in [0.05, 0.1) is 15.5 Å². The van der Waals surface area contributed by atoms with Crippen LogP contribution in [0.25, 0.3) is 11.8 Å². The lowest BCUT2D eigenvalue weighted by Crippen LogP contribution is -2.30. The molecule has 2 aliphatic heterocycles. The molecule has 0 aliphatic carbocycles. The highest BCUT2D eigenvalue weighted by atomic mass is 32.2. The van der Waals surface area contributed by atoms with Crippen molar-refractivity contribution in [3.8, 4) is 5.69 Å². The molecule has 0 saturated carbocycles. The summed E-state index contributed by atoms with van der Waals surface area (Å²) in [7, 11) is 0. The smallest absolute Gasteiger partial charge is 0.294 e. The molecule has 0 N–H and O–H groups in total. The molecule has 0 bridgehead atoms. The van der Waals surface area contributed by atoms with Crippen molar-refractivity contribution in [2.75, 3.05) is 24.5 Å². The maximum Gasteiger partial charge on any atom is 0.294 e. The van der Waals surface area contributed by atoms with Gasteiger partial charge in [-0.05, 0) is 80.3 Å². The topological polar surface area (TPSA) is 88.7 Å². The van der Waals surface area contributed by atoms with Crippen LogP contribution in [0.5, 0.6) is 0 Å². The van der Waals surface area contributed by atoms with E-state index in [1.165, 1.54) is 4.90 Å². The van der Waals surface area contributed by atoms with Crippen LogP contribution in [0.1, 0.15) is 35.4 Å². The lowest BCUT2D eigenvalue weighted by atomic mass is 10.1. The van der Waals surface area contributed by atoms with Gasteiger partial charge in [0, 0.05) is 37.1 Å². The fraction of sp³-hybridized carbons (Fsp3) is 0.286. The summed E-state index contributed by atoms with van der Waals surface area (Å²) in [5, 5.41) is 11.6. The molecule has 2 fully saturated rings. The highest BCUT2D eigenvalue weighted by molar-refractivity contribution is 8.18. The molecule has 0 unspecified atom stereocenters. The van der Waals surface area contributed by atoms with Gasteiger partial charge in [0.25, 0.3) is 16.8 Å². The summed E-state index contributed by atoms with van der Waals surface area (Å²) in [5.41, 5.74) is 5.04. The second-order valence-corrected chi connectivity index (χ2v) is 10.3. The third-order valence-electron chi connectivity index (χ3n) is 6.96. The molecule has 190 valence electrons. The first-order chi connectivity index (χ1) is 17.8. The number of benzene rings is 2. The summed E-state index contributed by atoms with van der Waals surface area (Å²) >= 11 is 0.948. The fourth-order valence-corrected chi connectivity index (χ4v) is 5.93. The van der Waals surface area contributed by atoms with E-state index in [0.717, 1.165) is 60.2 Å². The quantitative estimate of drug-likeness (QED) is 0.221. The van der Waals surface area contributed by atoms with Gasteiger partial charge in [-0.15, -0.1) is 0 Å². The summed E-state index contributed by atoms with van der Waals surface area (Å²) in [6, 6.07) is 17.1. The lowest BCUT2D eigenvalue weighted by Gasteiger charge is -2.19. The summed E-state index contributed by atoms with van der Waals surface area (Å²) in [5.74, 6) is -0.290. The molecule has 37 heavy (non-hydrogen) atoms. The maximum atomic E-state index is 13.0. The van der Waals surface area contributed by atoms with Crippen LogP contribution in [0.15, 0.2) is 59.5 Å². The molecule has 9 heteroatoms. The van der Waals surface area contributed by atoms with Crippen LogP contribution in [-0.2, 0) is 11.2 Å². The van der Waals surface area contributed by atoms with E-state index in [1.807, 2.05) is 66.9 Å². The molecule has 2 saturated heterocycles. The van der Waals surface area contributed by atoms with E-state index in [9.17, 15) is 19.7 Å². The minimum Gasteiger partial charge on any atom is -0.366 e. The van der Waals surface area contributed by atoms with Crippen molar-refractivity contribution in [3.63, 3.8) is 0 Å². The zero-order chi connectivity index (χ0) is 26.1. The molecule has 3 heterocycles. The molecule has 2 aliphatic rings. The molecular formula is C28H28N4O4S. The third-order valence-corrected chi connectivity index (χ3v) is 7.87. The van der Waals surface area contributed by atoms with Crippen molar-refractivity contribution >= 4 is 40.4 Å². The molecule has 0 atom stereocenters. The standard InChI is InChI=1S/C28H28N4O4S/c1-19-16-22(17-26-27(33)30(28(34)37-26)15-12-21-8-4-3-5-9-21)20(2)31(19)23-10-11-24(25(18-23)32(35)36)29-13-6-7-14-29/h3-5,8-11,16-18H,6-7,12-15H2,1-2H3/b26-17-. The number of aryl methyl sites for hydroxylation is 1. The van der Waals surface area contributed by atoms with Crippen LogP contribution < -0.4 is 4.90 Å². The van der Waals surface area contributed by atoms with Gasteiger partial charge < -0.3 is 9.47 Å². The number of amides is 2. The zero-order valence-corrected chi connectivity index (χ0v) is 21.7. The minimum absolute atomic E-state index is 0.0907. The van der Waals surface area contributed by atoms with E-state index in [0.29, 0.717) is 29.2 Å². The Morgan fingerprint density at radius 2 is 1.76 bits per heavy atom.